The van der Waals surface area contributed by atoms with Crippen molar-refractivity contribution in [2.75, 3.05) is 11.1 Å². The predicted molar refractivity (Wildman–Crippen MR) is 65.8 cm³/mol. The van der Waals surface area contributed by atoms with Crippen LogP contribution < -0.4 is 11.1 Å². The second-order valence-electron chi connectivity index (χ2n) is 4.47. The van der Waals surface area contributed by atoms with Gasteiger partial charge in [0, 0.05) is 16.9 Å². The molecule has 0 aliphatic heterocycles. The third kappa shape index (κ3) is 2.89. The summed E-state index contributed by atoms with van der Waals surface area (Å²) in [6.45, 7) is 6.09. The van der Waals surface area contributed by atoms with Crippen LogP contribution in [0.25, 0.3) is 0 Å². The van der Waals surface area contributed by atoms with Crippen LogP contribution in [-0.4, -0.2) is 16.6 Å². The fourth-order valence-corrected chi connectivity index (χ4v) is 1.30. The molecule has 1 aromatic carbocycles. The molecule has 4 N–H and O–H groups in total. The largest absolute Gasteiger partial charge is 0.478 e. The van der Waals surface area contributed by atoms with E-state index in [1.165, 1.54) is 6.07 Å². The maximum atomic E-state index is 11.1. The maximum Gasteiger partial charge on any atom is 0.337 e. The minimum atomic E-state index is -0.971. The lowest BCUT2D eigenvalue weighted by Crippen LogP contribution is -2.30. The molecule has 0 amide bonds. The summed E-state index contributed by atoms with van der Waals surface area (Å²) in [6.07, 6.45) is 0.899. The highest BCUT2D eigenvalue weighted by molar-refractivity contribution is 5.95. The third-order valence-corrected chi connectivity index (χ3v) is 2.63. The Balaban J connectivity index is 3.09. The summed E-state index contributed by atoms with van der Waals surface area (Å²) in [5, 5.41) is 12.3. The summed E-state index contributed by atoms with van der Waals surface area (Å²) in [7, 11) is 0. The number of benzene rings is 1. The number of anilines is 2. The minimum Gasteiger partial charge on any atom is -0.478 e. The minimum absolute atomic E-state index is 0.139. The number of carboxylic acid groups (broad SMARTS) is 1. The molecule has 0 aliphatic carbocycles. The van der Waals surface area contributed by atoms with E-state index in [0.29, 0.717) is 11.4 Å². The molecule has 0 heterocycles. The summed E-state index contributed by atoms with van der Waals surface area (Å²) >= 11 is 0. The number of nitrogens with two attached hydrogens (primary N) is 1. The molecule has 0 saturated heterocycles. The zero-order valence-electron chi connectivity index (χ0n) is 9.87. The molecule has 16 heavy (non-hydrogen) atoms. The lowest BCUT2D eigenvalue weighted by atomic mass is 10.0. The Labute approximate surface area is 95.5 Å². The van der Waals surface area contributed by atoms with Gasteiger partial charge in [0.25, 0.3) is 0 Å². The van der Waals surface area contributed by atoms with Crippen LogP contribution in [-0.2, 0) is 0 Å². The first kappa shape index (κ1) is 12.4. The molecule has 0 unspecified atom stereocenters. The summed E-state index contributed by atoms with van der Waals surface area (Å²) < 4.78 is 0. The van der Waals surface area contributed by atoms with Crippen molar-refractivity contribution in [1.82, 2.24) is 0 Å². The average molecular weight is 222 g/mol. The molecule has 0 spiro atoms. The molecule has 0 aromatic heterocycles. The molecule has 0 radical (unpaired) electrons. The quantitative estimate of drug-likeness (QED) is 0.684. The Morgan fingerprint density at radius 2 is 2.12 bits per heavy atom. The van der Waals surface area contributed by atoms with E-state index in [0.717, 1.165) is 6.42 Å². The van der Waals surface area contributed by atoms with Gasteiger partial charge in [-0.15, -0.1) is 0 Å². The normalized spacial score (nSPS) is 11.2. The van der Waals surface area contributed by atoms with E-state index in [2.05, 4.69) is 5.32 Å². The molecule has 4 nitrogen and oxygen atoms in total. The van der Waals surface area contributed by atoms with E-state index in [1.54, 1.807) is 12.1 Å². The smallest absolute Gasteiger partial charge is 0.337 e. The molecule has 1 rings (SSSR count). The van der Waals surface area contributed by atoms with Gasteiger partial charge in [-0.2, -0.15) is 0 Å². The molecule has 0 aliphatic rings. The topological polar surface area (TPSA) is 75.3 Å². The highest BCUT2D eigenvalue weighted by Gasteiger charge is 2.18. The number of hydrogen-bond acceptors (Lipinski definition) is 3. The van der Waals surface area contributed by atoms with Crippen LogP contribution in [0.4, 0.5) is 11.4 Å². The Hall–Kier alpha value is -1.71. The van der Waals surface area contributed by atoms with Crippen LogP contribution in [0.1, 0.15) is 37.6 Å². The molecule has 0 atom stereocenters. The average Bonchev–Trinajstić information content (AvgIpc) is 2.20. The zero-order chi connectivity index (χ0) is 12.3. The van der Waals surface area contributed by atoms with Gasteiger partial charge < -0.3 is 16.2 Å². The summed E-state index contributed by atoms with van der Waals surface area (Å²) in [4.78, 5) is 11.1. The summed E-state index contributed by atoms with van der Waals surface area (Å²) in [5.41, 5.74) is 6.70. The fourth-order valence-electron chi connectivity index (χ4n) is 1.30. The number of carbonyl (C=O) groups is 1. The van der Waals surface area contributed by atoms with Crippen molar-refractivity contribution in [2.45, 2.75) is 32.7 Å². The second kappa shape index (κ2) is 4.43. The van der Waals surface area contributed by atoms with E-state index >= 15 is 0 Å². The molecule has 1 aromatic rings. The van der Waals surface area contributed by atoms with Gasteiger partial charge in [0.15, 0.2) is 0 Å². The van der Waals surface area contributed by atoms with Gasteiger partial charge in [-0.1, -0.05) is 6.92 Å². The van der Waals surface area contributed by atoms with E-state index in [9.17, 15) is 4.79 Å². The predicted octanol–water partition coefficient (Wildman–Crippen LogP) is 2.57. The SMILES string of the molecule is CCC(C)(C)Nc1ccc(N)cc1C(=O)O. The van der Waals surface area contributed by atoms with Crippen molar-refractivity contribution >= 4 is 17.3 Å². The Kier molecular flexibility index (Phi) is 3.42. The van der Waals surface area contributed by atoms with Gasteiger partial charge in [-0.25, -0.2) is 4.79 Å². The van der Waals surface area contributed by atoms with Gasteiger partial charge in [0.05, 0.1) is 5.56 Å². The molecule has 0 fully saturated rings. The van der Waals surface area contributed by atoms with Crippen molar-refractivity contribution in [3.8, 4) is 0 Å². The van der Waals surface area contributed by atoms with Crippen molar-refractivity contribution in [3.63, 3.8) is 0 Å². The molecule has 88 valence electrons. The van der Waals surface area contributed by atoms with Crippen LogP contribution in [0, 0.1) is 0 Å². The summed E-state index contributed by atoms with van der Waals surface area (Å²) in [5.74, 6) is -0.971. The van der Waals surface area contributed by atoms with E-state index in [-0.39, 0.29) is 11.1 Å². The van der Waals surface area contributed by atoms with Crippen LogP contribution in [0.15, 0.2) is 18.2 Å². The van der Waals surface area contributed by atoms with Crippen LogP contribution in [0.3, 0.4) is 0 Å². The van der Waals surface area contributed by atoms with Crippen molar-refractivity contribution in [1.29, 1.82) is 0 Å². The second-order valence-corrected chi connectivity index (χ2v) is 4.47. The van der Waals surface area contributed by atoms with Gasteiger partial charge >= 0.3 is 5.97 Å². The number of hydrogen-bond donors (Lipinski definition) is 3. The van der Waals surface area contributed by atoms with Gasteiger partial charge in [-0.05, 0) is 38.5 Å². The number of aromatic carboxylic acids is 1. The maximum absolute atomic E-state index is 11.1. The van der Waals surface area contributed by atoms with Crippen LogP contribution >= 0.6 is 0 Å². The molecule has 0 saturated carbocycles. The highest BCUT2D eigenvalue weighted by Crippen LogP contribution is 2.23. The van der Waals surface area contributed by atoms with Crippen molar-refractivity contribution in [3.05, 3.63) is 23.8 Å². The first-order valence-corrected chi connectivity index (χ1v) is 5.27. The first-order valence-electron chi connectivity index (χ1n) is 5.27. The van der Waals surface area contributed by atoms with Gasteiger partial charge in [0.2, 0.25) is 0 Å². The summed E-state index contributed by atoms with van der Waals surface area (Å²) in [6, 6.07) is 4.87. The van der Waals surface area contributed by atoms with Crippen molar-refractivity contribution < 1.29 is 9.90 Å². The van der Waals surface area contributed by atoms with Crippen molar-refractivity contribution in [2.24, 2.45) is 0 Å². The number of nitrogen functional groups attached to an aromatic ring is 1. The molecule has 0 bridgehead atoms. The monoisotopic (exact) mass is 222 g/mol. The third-order valence-electron chi connectivity index (χ3n) is 2.63. The standard InChI is InChI=1S/C12H18N2O2/c1-4-12(2,3)14-10-6-5-8(13)7-9(10)11(15)16/h5-7,14H,4,13H2,1-3H3,(H,15,16). The van der Waals surface area contributed by atoms with Gasteiger partial charge in [0.1, 0.15) is 0 Å². The Morgan fingerprint density at radius 3 is 2.62 bits per heavy atom. The van der Waals surface area contributed by atoms with Crippen LogP contribution in [0.2, 0.25) is 0 Å². The van der Waals surface area contributed by atoms with Gasteiger partial charge in [-0.3, -0.25) is 0 Å². The van der Waals surface area contributed by atoms with Crippen LogP contribution in [0.5, 0.6) is 0 Å². The number of rotatable bonds is 4. The van der Waals surface area contributed by atoms with E-state index in [4.69, 9.17) is 10.8 Å². The first-order chi connectivity index (χ1) is 7.35. The molecular weight excluding hydrogens is 204 g/mol. The van der Waals surface area contributed by atoms with E-state index in [1.807, 2.05) is 20.8 Å². The molecular formula is C12H18N2O2. The number of carboxylic acids is 1. The Bertz CT molecular complexity index is 400. The van der Waals surface area contributed by atoms with E-state index < -0.39 is 5.97 Å². The number of nitrogens with one attached hydrogen (secondary N) is 1. The zero-order valence-corrected chi connectivity index (χ0v) is 9.87. The fraction of sp³-hybridized carbons (Fsp3) is 0.417. The molecule has 4 heteroatoms. The lowest BCUT2D eigenvalue weighted by molar-refractivity contribution is 0.0698. The lowest BCUT2D eigenvalue weighted by Gasteiger charge is -2.26. The highest BCUT2D eigenvalue weighted by atomic mass is 16.4. The Morgan fingerprint density at radius 1 is 1.50 bits per heavy atom.